The second kappa shape index (κ2) is 5.85. The van der Waals surface area contributed by atoms with Crippen LogP contribution in [0, 0.1) is 0 Å². The number of nitrogens with two attached hydrogens (primary N) is 1. The first-order valence-corrected chi connectivity index (χ1v) is 5.12. The Morgan fingerprint density at radius 2 is 2.07 bits per heavy atom. The third-order valence-corrected chi connectivity index (χ3v) is 2.45. The van der Waals surface area contributed by atoms with E-state index in [4.69, 9.17) is 10.8 Å². The lowest BCUT2D eigenvalue weighted by Gasteiger charge is -2.13. The number of halogens is 2. The Morgan fingerprint density at radius 1 is 1.47 bits per heavy atom. The molecule has 0 spiro atoms. The minimum Gasteiger partial charge on any atom is -0.385 e. The van der Waals surface area contributed by atoms with Crippen molar-refractivity contribution in [3.8, 4) is 0 Å². The lowest BCUT2D eigenvalue weighted by Crippen LogP contribution is -2.39. The molecule has 15 heavy (non-hydrogen) atoms. The van der Waals surface area contributed by atoms with Gasteiger partial charge in [0, 0.05) is 6.04 Å². The Bertz CT molecular complexity index is 217. The number of hydrogen-bond acceptors (Lipinski definition) is 2. The molecule has 4 N–H and O–H groups in total. The maximum absolute atomic E-state index is 11.9. The van der Waals surface area contributed by atoms with E-state index < -0.39 is 12.5 Å². The lowest BCUT2D eigenvalue weighted by atomic mass is 10.2. The molecule has 1 atom stereocenters. The molecular formula is C9H17F2N3O. The molecule has 0 aromatic heterocycles. The summed E-state index contributed by atoms with van der Waals surface area (Å²) < 4.78 is 23.8. The standard InChI is InChI=1S/C9H17F2N3O/c10-8(11)7(15)5-13-9(12)14-6-3-1-2-4-6/h6-8,15H,1-5H2,(H3,12,13,14). The molecule has 1 aliphatic carbocycles. The van der Waals surface area contributed by atoms with Crippen LogP contribution in [0.5, 0.6) is 0 Å². The van der Waals surface area contributed by atoms with Crippen molar-refractivity contribution in [1.29, 1.82) is 0 Å². The molecule has 0 amide bonds. The van der Waals surface area contributed by atoms with Gasteiger partial charge in [0.25, 0.3) is 6.43 Å². The van der Waals surface area contributed by atoms with Crippen LogP contribution in [-0.2, 0) is 0 Å². The number of nitrogens with one attached hydrogen (secondary N) is 1. The molecule has 1 unspecified atom stereocenters. The molecule has 0 bridgehead atoms. The summed E-state index contributed by atoms with van der Waals surface area (Å²) >= 11 is 0. The molecule has 1 aliphatic rings. The quantitative estimate of drug-likeness (QED) is 0.477. The third-order valence-electron chi connectivity index (χ3n) is 2.45. The van der Waals surface area contributed by atoms with E-state index in [1.165, 1.54) is 0 Å². The minimum absolute atomic E-state index is 0.140. The van der Waals surface area contributed by atoms with Gasteiger partial charge >= 0.3 is 0 Å². The SMILES string of the molecule is NC(=NCC(O)C(F)F)NC1CCCC1. The van der Waals surface area contributed by atoms with Crippen molar-refractivity contribution in [2.24, 2.45) is 10.7 Å². The van der Waals surface area contributed by atoms with Crippen LogP contribution < -0.4 is 11.1 Å². The van der Waals surface area contributed by atoms with Gasteiger partial charge < -0.3 is 16.2 Å². The summed E-state index contributed by atoms with van der Waals surface area (Å²) in [5.74, 6) is 0.140. The number of rotatable bonds is 4. The van der Waals surface area contributed by atoms with Crippen LogP contribution in [0.15, 0.2) is 4.99 Å². The van der Waals surface area contributed by atoms with E-state index in [2.05, 4.69) is 10.3 Å². The number of aliphatic hydroxyl groups is 1. The van der Waals surface area contributed by atoms with Crippen molar-refractivity contribution < 1.29 is 13.9 Å². The summed E-state index contributed by atoms with van der Waals surface area (Å²) in [4.78, 5) is 3.66. The van der Waals surface area contributed by atoms with Gasteiger partial charge in [0.15, 0.2) is 5.96 Å². The van der Waals surface area contributed by atoms with E-state index in [1.807, 2.05) is 0 Å². The molecular weight excluding hydrogens is 204 g/mol. The van der Waals surface area contributed by atoms with E-state index >= 15 is 0 Å². The molecule has 1 saturated carbocycles. The van der Waals surface area contributed by atoms with Gasteiger partial charge in [-0.2, -0.15) is 0 Å². The van der Waals surface area contributed by atoms with Crippen molar-refractivity contribution in [2.45, 2.75) is 44.3 Å². The average molecular weight is 221 g/mol. The summed E-state index contributed by atoms with van der Waals surface area (Å²) in [6.07, 6.45) is -0.113. The number of hydrogen-bond donors (Lipinski definition) is 3. The smallest absolute Gasteiger partial charge is 0.265 e. The maximum Gasteiger partial charge on any atom is 0.265 e. The highest BCUT2D eigenvalue weighted by Gasteiger charge is 2.17. The second-order valence-corrected chi connectivity index (χ2v) is 3.75. The topological polar surface area (TPSA) is 70.6 Å². The zero-order valence-corrected chi connectivity index (χ0v) is 8.50. The molecule has 88 valence electrons. The zero-order chi connectivity index (χ0) is 11.3. The van der Waals surface area contributed by atoms with Crippen LogP contribution in [0.1, 0.15) is 25.7 Å². The monoisotopic (exact) mass is 221 g/mol. The van der Waals surface area contributed by atoms with Crippen LogP contribution in [-0.4, -0.2) is 36.2 Å². The van der Waals surface area contributed by atoms with Gasteiger partial charge in [-0.15, -0.1) is 0 Å². The fourth-order valence-electron chi connectivity index (χ4n) is 1.60. The Kier molecular flexibility index (Phi) is 4.74. The van der Waals surface area contributed by atoms with Crippen LogP contribution in [0.3, 0.4) is 0 Å². The number of nitrogens with zero attached hydrogens (tertiary/aromatic N) is 1. The van der Waals surface area contributed by atoms with Crippen molar-refractivity contribution in [3.63, 3.8) is 0 Å². The van der Waals surface area contributed by atoms with E-state index in [0.717, 1.165) is 25.7 Å². The highest BCUT2D eigenvalue weighted by molar-refractivity contribution is 5.78. The van der Waals surface area contributed by atoms with Gasteiger partial charge in [-0.25, -0.2) is 8.78 Å². The molecule has 1 fully saturated rings. The highest BCUT2D eigenvalue weighted by atomic mass is 19.3. The highest BCUT2D eigenvalue weighted by Crippen LogP contribution is 2.17. The Hall–Kier alpha value is -0.910. The fraction of sp³-hybridized carbons (Fsp3) is 0.889. The van der Waals surface area contributed by atoms with Gasteiger partial charge in [0.05, 0.1) is 6.54 Å². The Morgan fingerprint density at radius 3 is 2.60 bits per heavy atom. The van der Waals surface area contributed by atoms with Crippen molar-refractivity contribution in [3.05, 3.63) is 0 Å². The third kappa shape index (κ3) is 4.42. The number of aliphatic imine (C=N–C) groups is 1. The molecule has 6 heteroatoms. The molecule has 0 aromatic carbocycles. The largest absolute Gasteiger partial charge is 0.385 e. The zero-order valence-electron chi connectivity index (χ0n) is 8.50. The molecule has 1 rings (SSSR count). The molecule has 0 heterocycles. The van der Waals surface area contributed by atoms with Crippen LogP contribution >= 0.6 is 0 Å². The predicted octanol–water partition coefficient (Wildman–Crippen LogP) is 0.459. The van der Waals surface area contributed by atoms with Gasteiger partial charge in [-0.05, 0) is 12.8 Å². The maximum atomic E-state index is 11.9. The summed E-state index contributed by atoms with van der Waals surface area (Å²) in [7, 11) is 0. The van der Waals surface area contributed by atoms with E-state index in [1.54, 1.807) is 0 Å². The molecule has 0 aromatic rings. The predicted molar refractivity (Wildman–Crippen MR) is 53.9 cm³/mol. The minimum atomic E-state index is -2.77. The van der Waals surface area contributed by atoms with Gasteiger partial charge in [0.1, 0.15) is 6.10 Å². The molecule has 4 nitrogen and oxygen atoms in total. The first-order valence-electron chi connectivity index (χ1n) is 5.12. The fourth-order valence-corrected chi connectivity index (χ4v) is 1.60. The normalized spacial score (nSPS) is 20.9. The van der Waals surface area contributed by atoms with Gasteiger partial charge in [-0.1, -0.05) is 12.8 Å². The van der Waals surface area contributed by atoms with Gasteiger partial charge in [-0.3, -0.25) is 4.99 Å². The summed E-state index contributed by atoms with van der Waals surface area (Å²) in [5, 5.41) is 11.7. The number of guanidine groups is 1. The van der Waals surface area contributed by atoms with Crippen LogP contribution in [0.2, 0.25) is 0 Å². The van der Waals surface area contributed by atoms with Gasteiger partial charge in [0.2, 0.25) is 0 Å². The van der Waals surface area contributed by atoms with E-state index in [9.17, 15) is 8.78 Å². The van der Waals surface area contributed by atoms with Crippen LogP contribution in [0.4, 0.5) is 8.78 Å². The van der Waals surface area contributed by atoms with Crippen molar-refractivity contribution in [1.82, 2.24) is 5.32 Å². The average Bonchev–Trinajstić information content (AvgIpc) is 2.66. The van der Waals surface area contributed by atoms with Crippen molar-refractivity contribution >= 4 is 5.96 Å². The lowest BCUT2D eigenvalue weighted by molar-refractivity contribution is 0.00174. The van der Waals surface area contributed by atoms with Crippen molar-refractivity contribution in [2.75, 3.05) is 6.54 Å². The molecule has 0 radical (unpaired) electrons. The summed E-state index contributed by atoms with van der Waals surface area (Å²) in [6.45, 7) is -0.358. The molecule has 0 aliphatic heterocycles. The van der Waals surface area contributed by atoms with E-state index in [-0.39, 0.29) is 12.5 Å². The Labute approximate surface area is 87.6 Å². The second-order valence-electron chi connectivity index (χ2n) is 3.75. The van der Waals surface area contributed by atoms with E-state index in [0.29, 0.717) is 6.04 Å². The first-order chi connectivity index (χ1) is 7.09. The Balaban J connectivity index is 2.25. The first kappa shape index (κ1) is 12.2. The number of aliphatic hydroxyl groups excluding tert-OH is 1. The summed E-state index contributed by atoms with van der Waals surface area (Å²) in [6, 6.07) is 0.303. The molecule has 0 saturated heterocycles. The van der Waals surface area contributed by atoms with Crippen LogP contribution in [0.25, 0.3) is 0 Å². The number of alkyl halides is 2. The summed E-state index contributed by atoms with van der Waals surface area (Å²) in [5.41, 5.74) is 5.48.